The number of carbonyl (C=O) groups is 1. The maximum atomic E-state index is 13.5. The second kappa shape index (κ2) is 6.87. The predicted octanol–water partition coefficient (Wildman–Crippen LogP) is 2.89. The molecule has 1 aliphatic heterocycles. The summed E-state index contributed by atoms with van der Waals surface area (Å²) in [5.41, 5.74) is 0.589. The molecule has 0 N–H and O–H groups in total. The first-order chi connectivity index (χ1) is 10.7. The summed E-state index contributed by atoms with van der Waals surface area (Å²) in [4.78, 5) is 18.1. The molecule has 0 bridgehead atoms. The van der Waals surface area contributed by atoms with Crippen LogP contribution >= 0.6 is 11.3 Å². The quantitative estimate of drug-likeness (QED) is 0.851. The first kappa shape index (κ1) is 15.0. The minimum Gasteiger partial charge on any atom is -0.465 e. The zero-order valence-corrected chi connectivity index (χ0v) is 12.9. The van der Waals surface area contributed by atoms with Crippen molar-refractivity contribution >= 4 is 17.2 Å². The predicted molar refractivity (Wildman–Crippen MR) is 82.4 cm³/mol. The third-order valence-corrected chi connectivity index (χ3v) is 4.40. The highest BCUT2D eigenvalue weighted by molar-refractivity contribution is 7.11. The molecule has 3 rings (SSSR count). The number of carbonyl (C=O) groups excluding carboxylic acids is 1. The van der Waals surface area contributed by atoms with E-state index in [1.54, 1.807) is 29.3 Å². The van der Waals surface area contributed by atoms with Gasteiger partial charge >= 0.3 is 0 Å². The molecule has 1 aromatic carbocycles. The van der Waals surface area contributed by atoms with Gasteiger partial charge in [-0.2, -0.15) is 0 Å². The van der Waals surface area contributed by atoms with Gasteiger partial charge in [0.1, 0.15) is 11.9 Å². The summed E-state index contributed by atoms with van der Waals surface area (Å²) in [6, 6.07) is 6.59. The SMILES string of the molecule is O=C(CCc1ccccc1F)N1CCC(Oc2nccs2)C1. The summed E-state index contributed by atoms with van der Waals surface area (Å²) < 4.78 is 19.3. The summed E-state index contributed by atoms with van der Waals surface area (Å²) in [5, 5.41) is 2.51. The van der Waals surface area contributed by atoms with E-state index in [4.69, 9.17) is 4.74 Å². The molecule has 1 atom stereocenters. The molecule has 0 saturated carbocycles. The summed E-state index contributed by atoms with van der Waals surface area (Å²) in [5.74, 6) is -0.199. The van der Waals surface area contributed by atoms with E-state index < -0.39 is 0 Å². The molecule has 22 heavy (non-hydrogen) atoms. The molecule has 2 aromatic rings. The van der Waals surface area contributed by atoms with E-state index >= 15 is 0 Å². The average molecular weight is 320 g/mol. The number of ether oxygens (including phenoxy) is 1. The van der Waals surface area contributed by atoms with Gasteiger partial charge in [0.2, 0.25) is 5.91 Å². The van der Waals surface area contributed by atoms with Gasteiger partial charge in [0, 0.05) is 31.0 Å². The van der Waals surface area contributed by atoms with Crippen LogP contribution in [-0.2, 0) is 11.2 Å². The summed E-state index contributed by atoms with van der Waals surface area (Å²) in [6.07, 6.45) is 3.27. The number of halogens is 1. The standard InChI is InChI=1S/C16H17FN2O2S/c17-14-4-2-1-3-12(14)5-6-15(20)19-9-7-13(11-19)21-16-18-8-10-22-16/h1-4,8,10,13H,5-7,9,11H2. The van der Waals surface area contributed by atoms with Crippen LogP contribution in [0.3, 0.4) is 0 Å². The van der Waals surface area contributed by atoms with E-state index in [0.717, 1.165) is 6.42 Å². The topological polar surface area (TPSA) is 42.4 Å². The van der Waals surface area contributed by atoms with E-state index in [9.17, 15) is 9.18 Å². The molecule has 1 unspecified atom stereocenters. The lowest BCUT2D eigenvalue weighted by atomic mass is 10.1. The van der Waals surface area contributed by atoms with Crippen molar-refractivity contribution in [1.29, 1.82) is 0 Å². The molecular weight excluding hydrogens is 303 g/mol. The Morgan fingerprint density at radius 1 is 1.45 bits per heavy atom. The molecule has 1 saturated heterocycles. The maximum Gasteiger partial charge on any atom is 0.273 e. The van der Waals surface area contributed by atoms with Crippen molar-refractivity contribution in [2.24, 2.45) is 0 Å². The smallest absolute Gasteiger partial charge is 0.273 e. The van der Waals surface area contributed by atoms with Crippen LogP contribution in [0.25, 0.3) is 0 Å². The second-order valence-corrected chi connectivity index (χ2v) is 6.11. The third kappa shape index (κ3) is 3.62. The van der Waals surface area contributed by atoms with Crippen LogP contribution in [0.1, 0.15) is 18.4 Å². The number of aryl methyl sites for hydroxylation is 1. The van der Waals surface area contributed by atoms with E-state index in [0.29, 0.717) is 36.7 Å². The first-order valence-corrected chi connectivity index (χ1v) is 8.17. The molecule has 1 aromatic heterocycles. The third-order valence-electron chi connectivity index (χ3n) is 3.74. The Hall–Kier alpha value is -1.95. The largest absolute Gasteiger partial charge is 0.465 e. The number of benzene rings is 1. The number of thiazole rings is 1. The van der Waals surface area contributed by atoms with Gasteiger partial charge in [-0.1, -0.05) is 29.5 Å². The summed E-state index contributed by atoms with van der Waals surface area (Å²) in [7, 11) is 0. The monoisotopic (exact) mass is 320 g/mol. The number of likely N-dealkylation sites (tertiary alicyclic amines) is 1. The van der Waals surface area contributed by atoms with Crippen molar-refractivity contribution in [2.45, 2.75) is 25.4 Å². The van der Waals surface area contributed by atoms with Gasteiger partial charge in [0.05, 0.1) is 6.54 Å². The Balaban J connectivity index is 1.48. The Morgan fingerprint density at radius 2 is 2.32 bits per heavy atom. The fourth-order valence-electron chi connectivity index (χ4n) is 2.56. The molecule has 1 fully saturated rings. The van der Waals surface area contributed by atoms with Gasteiger partial charge < -0.3 is 9.64 Å². The molecule has 1 aliphatic rings. The van der Waals surface area contributed by atoms with Gasteiger partial charge in [0.15, 0.2) is 0 Å². The Morgan fingerprint density at radius 3 is 3.09 bits per heavy atom. The lowest BCUT2D eigenvalue weighted by Gasteiger charge is -2.16. The normalized spacial score (nSPS) is 17.7. The highest BCUT2D eigenvalue weighted by atomic mass is 32.1. The fourth-order valence-corrected chi connectivity index (χ4v) is 3.11. The van der Waals surface area contributed by atoms with Crippen LogP contribution < -0.4 is 4.74 Å². The van der Waals surface area contributed by atoms with Gasteiger partial charge in [-0.3, -0.25) is 4.79 Å². The van der Waals surface area contributed by atoms with Crippen molar-refractivity contribution in [3.63, 3.8) is 0 Å². The van der Waals surface area contributed by atoms with Crippen LogP contribution in [0.2, 0.25) is 0 Å². The van der Waals surface area contributed by atoms with Gasteiger partial charge in [-0.25, -0.2) is 9.37 Å². The molecule has 2 heterocycles. The number of rotatable bonds is 5. The molecule has 0 spiro atoms. The molecule has 0 aliphatic carbocycles. The van der Waals surface area contributed by atoms with Crippen LogP contribution in [0.4, 0.5) is 4.39 Å². The van der Waals surface area contributed by atoms with Gasteiger partial charge in [-0.15, -0.1) is 0 Å². The molecule has 6 heteroatoms. The molecular formula is C16H17FN2O2S. The Kier molecular flexibility index (Phi) is 4.68. The number of nitrogens with zero attached hydrogens (tertiary/aromatic N) is 2. The van der Waals surface area contributed by atoms with Gasteiger partial charge in [0.25, 0.3) is 5.19 Å². The number of hydrogen-bond acceptors (Lipinski definition) is 4. The van der Waals surface area contributed by atoms with Crippen molar-refractivity contribution in [3.05, 3.63) is 47.2 Å². The molecule has 116 valence electrons. The first-order valence-electron chi connectivity index (χ1n) is 7.29. The van der Waals surface area contributed by atoms with Crippen molar-refractivity contribution < 1.29 is 13.9 Å². The summed E-state index contributed by atoms with van der Waals surface area (Å²) in [6.45, 7) is 1.27. The second-order valence-electron chi connectivity index (χ2n) is 5.26. The fraction of sp³-hybridized carbons (Fsp3) is 0.375. The lowest BCUT2D eigenvalue weighted by Crippen LogP contribution is -2.31. The van der Waals surface area contributed by atoms with Crippen LogP contribution in [0.5, 0.6) is 5.19 Å². The number of hydrogen-bond donors (Lipinski definition) is 0. The lowest BCUT2D eigenvalue weighted by molar-refractivity contribution is -0.130. The Labute approximate surface area is 132 Å². The van der Waals surface area contributed by atoms with Crippen LogP contribution in [0, 0.1) is 5.82 Å². The summed E-state index contributed by atoms with van der Waals surface area (Å²) >= 11 is 1.45. The zero-order valence-electron chi connectivity index (χ0n) is 12.1. The highest BCUT2D eigenvalue weighted by Gasteiger charge is 2.27. The van der Waals surface area contributed by atoms with E-state index in [1.807, 2.05) is 5.38 Å². The minimum absolute atomic E-state index is 0.00330. The van der Waals surface area contributed by atoms with Crippen molar-refractivity contribution in [2.75, 3.05) is 13.1 Å². The van der Waals surface area contributed by atoms with E-state index in [-0.39, 0.29) is 17.8 Å². The number of amides is 1. The highest BCUT2D eigenvalue weighted by Crippen LogP contribution is 2.21. The van der Waals surface area contributed by atoms with Gasteiger partial charge in [-0.05, 0) is 18.1 Å². The van der Waals surface area contributed by atoms with Crippen LogP contribution in [0.15, 0.2) is 35.8 Å². The molecule has 1 amide bonds. The molecule has 4 nitrogen and oxygen atoms in total. The van der Waals surface area contributed by atoms with Crippen molar-refractivity contribution in [1.82, 2.24) is 9.88 Å². The Bertz CT molecular complexity index is 633. The number of aromatic nitrogens is 1. The zero-order chi connectivity index (χ0) is 15.4. The molecule has 0 radical (unpaired) electrons. The maximum absolute atomic E-state index is 13.5. The average Bonchev–Trinajstić information content (AvgIpc) is 3.18. The van der Waals surface area contributed by atoms with Crippen molar-refractivity contribution in [3.8, 4) is 5.19 Å². The van der Waals surface area contributed by atoms with E-state index in [1.165, 1.54) is 17.4 Å². The van der Waals surface area contributed by atoms with E-state index in [2.05, 4.69) is 4.98 Å². The minimum atomic E-state index is -0.248. The van der Waals surface area contributed by atoms with Crippen LogP contribution in [-0.4, -0.2) is 35.0 Å².